The molecule has 0 heterocycles. The third kappa shape index (κ3) is 66.8. The lowest BCUT2D eigenvalue weighted by Crippen LogP contribution is -2.30. The first kappa shape index (κ1) is 77.2. The first-order valence-corrected chi connectivity index (χ1v) is 36.2. The summed E-state index contributed by atoms with van der Waals surface area (Å²) in [7, 11) is 0. The van der Waals surface area contributed by atoms with Crippen molar-refractivity contribution in [2.24, 2.45) is 0 Å². The quantitative estimate of drug-likeness (QED) is 0.0261. The average Bonchev–Trinajstić information content (AvgIpc) is 3.45. The van der Waals surface area contributed by atoms with Crippen molar-refractivity contribution in [3.05, 3.63) is 12.2 Å². The molecule has 0 spiro atoms. The number of hydrogen-bond donors (Lipinski definition) is 0. The fraction of sp³-hybridized carbons (Fsp3) is 0.932. The van der Waals surface area contributed by atoms with Gasteiger partial charge in [-0.25, -0.2) is 0 Å². The zero-order chi connectivity index (χ0) is 57.1. The van der Waals surface area contributed by atoms with E-state index in [1.807, 2.05) is 0 Å². The molecule has 1 unspecified atom stereocenters. The fourth-order valence-electron chi connectivity index (χ4n) is 11.3. The molecule has 6 nitrogen and oxygen atoms in total. The molecule has 0 fully saturated rings. The summed E-state index contributed by atoms with van der Waals surface area (Å²) in [5.41, 5.74) is 0. The largest absolute Gasteiger partial charge is 0.462 e. The molecule has 0 radical (unpaired) electrons. The van der Waals surface area contributed by atoms with Gasteiger partial charge < -0.3 is 14.2 Å². The Morgan fingerprint density at radius 2 is 0.418 bits per heavy atom. The summed E-state index contributed by atoms with van der Waals surface area (Å²) in [5.74, 6) is -0.826. The molecule has 0 aromatic carbocycles. The maximum absolute atomic E-state index is 13.0. The molecule has 0 N–H and O–H groups in total. The van der Waals surface area contributed by atoms with Gasteiger partial charge in [-0.15, -0.1) is 0 Å². The number of carbonyl (C=O) groups is 3. The van der Waals surface area contributed by atoms with Crippen LogP contribution in [0.25, 0.3) is 0 Å². The molecular formula is C73H140O6. The van der Waals surface area contributed by atoms with Gasteiger partial charge >= 0.3 is 17.9 Å². The molecule has 0 aliphatic heterocycles. The average molecular weight is 1110 g/mol. The Kier molecular flexibility index (Phi) is 67.0. The molecule has 0 saturated heterocycles. The molecule has 0 aliphatic rings. The van der Waals surface area contributed by atoms with E-state index < -0.39 is 6.10 Å². The van der Waals surface area contributed by atoms with Crippen molar-refractivity contribution < 1.29 is 28.6 Å². The molecule has 6 heteroatoms. The van der Waals surface area contributed by atoms with Crippen LogP contribution in [-0.2, 0) is 28.6 Å². The van der Waals surface area contributed by atoms with Gasteiger partial charge in [0.1, 0.15) is 13.2 Å². The van der Waals surface area contributed by atoms with Gasteiger partial charge in [0.05, 0.1) is 0 Å². The van der Waals surface area contributed by atoms with E-state index in [1.54, 1.807) is 0 Å². The Labute approximate surface area is 494 Å². The lowest BCUT2D eigenvalue weighted by atomic mass is 10.0. The van der Waals surface area contributed by atoms with Crippen molar-refractivity contribution in [3.8, 4) is 0 Å². The summed E-state index contributed by atoms with van der Waals surface area (Å²) in [6.07, 6.45) is 82.4. The molecule has 0 amide bonds. The van der Waals surface area contributed by atoms with Crippen LogP contribution in [0.5, 0.6) is 0 Å². The van der Waals surface area contributed by atoms with Gasteiger partial charge in [-0.2, -0.15) is 0 Å². The van der Waals surface area contributed by atoms with E-state index >= 15 is 0 Å². The highest BCUT2D eigenvalue weighted by molar-refractivity contribution is 5.71. The number of carbonyl (C=O) groups excluding carboxylic acids is 3. The number of hydrogen-bond acceptors (Lipinski definition) is 6. The lowest BCUT2D eigenvalue weighted by Gasteiger charge is -2.18. The lowest BCUT2D eigenvalue weighted by molar-refractivity contribution is -0.167. The van der Waals surface area contributed by atoms with E-state index in [9.17, 15) is 14.4 Å². The highest BCUT2D eigenvalue weighted by Crippen LogP contribution is 2.19. The third-order valence-electron chi connectivity index (χ3n) is 16.8. The highest BCUT2D eigenvalue weighted by atomic mass is 16.6. The van der Waals surface area contributed by atoms with Crippen molar-refractivity contribution >= 4 is 17.9 Å². The second-order valence-corrected chi connectivity index (χ2v) is 24.9. The summed E-state index contributed by atoms with van der Waals surface area (Å²) in [4.78, 5) is 38.5. The summed E-state index contributed by atoms with van der Waals surface area (Å²) < 4.78 is 17.0. The second-order valence-electron chi connectivity index (χ2n) is 24.9. The van der Waals surface area contributed by atoms with Crippen LogP contribution in [0.1, 0.15) is 419 Å². The molecule has 0 bridgehead atoms. The van der Waals surface area contributed by atoms with Crippen molar-refractivity contribution in [2.75, 3.05) is 13.2 Å². The van der Waals surface area contributed by atoms with Crippen LogP contribution >= 0.6 is 0 Å². The maximum atomic E-state index is 13.0. The minimum atomic E-state index is -0.767. The Bertz CT molecular complexity index is 1230. The van der Waals surface area contributed by atoms with Gasteiger partial charge in [-0.1, -0.05) is 367 Å². The van der Waals surface area contributed by atoms with Crippen LogP contribution < -0.4 is 0 Å². The molecule has 79 heavy (non-hydrogen) atoms. The van der Waals surface area contributed by atoms with E-state index in [-0.39, 0.29) is 31.1 Å². The Balaban J connectivity index is 4.28. The minimum Gasteiger partial charge on any atom is -0.462 e. The third-order valence-corrected chi connectivity index (χ3v) is 16.8. The fourth-order valence-corrected chi connectivity index (χ4v) is 11.3. The van der Waals surface area contributed by atoms with Crippen LogP contribution in [0.3, 0.4) is 0 Å². The predicted octanol–water partition coefficient (Wildman–Crippen LogP) is 24.8. The standard InChI is InChI=1S/C73H140O6/c1-4-7-10-13-16-19-22-25-28-31-34-36-37-40-42-45-48-51-54-57-60-63-66-72(75)78-69-70(68-77-71(74)65-62-59-56-53-50-47-44-41-38-33-30-27-24-21-18-15-12-9-6-3)79-73(76)67-64-61-58-55-52-49-46-43-39-35-32-29-26-23-20-17-14-11-8-5-2/h27,30,70H,4-26,28-29,31-69H2,1-3H3/b30-27-. The van der Waals surface area contributed by atoms with Gasteiger partial charge in [-0.3, -0.25) is 14.4 Å². The monoisotopic (exact) mass is 1110 g/mol. The Morgan fingerprint density at radius 3 is 0.633 bits per heavy atom. The summed E-state index contributed by atoms with van der Waals surface area (Å²) >= 11 is 0. The van der Waals surface area contributed by atoms with Crippen molar-refractivity contribution in [1.82, 2.24) is 0 Å². The predicted molar refractivity (Wildman–Crippen MR) is 344 cm³/mol. The molecule has 0 aromatic heterocycles. The van der Waals surface area contributed by atoms with E-state index in [1.165, 1.54) is 321 Å². The van der Waals surface area contributed by atoms with Gasteiger partial charge in [-0.05, 0) is 44.9 Å². The van der Waals surface area contributed by atoms with Gasteiger partial charge in [0.2, 0.25) is 0 Å². The van der Waals surface area contributed by atoms with Gasteiger partial charge in [0.15, 0.2) is 6.10 Å². The smallest absolute Gasteiger partial charge is 0.306 e. The normalized spacial score (nSPS) is 12.0. The van der Waals surface area contributed by atoms with Crippen LogP contribution in [0, 0.1) is 0 Å². The number of unbranched alkanes of at least 4 members (excludes halogenated alkanes) is 55. The summed E-state index contributed by atoms with van der Waals surface area (Å²) in [6.45, 7) is 6.74. The van der Waals surface area contributed by atoms with E-state index in [4.69, 9.17) is 14.2 Å². The van der Waals surface area contributed by atoms with Gasteiger partial charge in [0.25, 0.3) is 0 Å². The number of esters is 3. The van der Waals surface area contributed by atoms with Crippen LogP contribution in [0.15, 0.2) is 12.2 Å². The van der Waals surface area contributed by atoms with Crippen molar-refractivity contribution in [2.45, 2.75) is 425 Å². The summed E-state index contributed by atoms with van der Waals surface area (Å²) in [6, 6.07) is 0. The highest BCUT2D eigenvalue weighted by Gasteiger charge is 2.20. The van der Waals surface area contributed by atoms with Crippen LogP contribution in [0.4, 0.5) is 0 Å². The number of rotatable bonds is 68. The zero-order valence-corrected chi connectivity index (χ0v) is 53.9. The molecule has 0 aromatic rings. The SMILES string of the molecule is CCCCCCCC/C=C\CCCCCCCCCCCC(=O)OCC(COC(=O)CCCCCCCCCCCCCCCCCCCCCCCC)OC(=O)CCCCCCCCCCCCCCCCCCCCCC. The molecule has 0 saturated carbocycles. The Morgan fingerprint density at radius 1 is 0.241 bits per heavy atom. The van der Waals surface area contributed by atoms with E-state index in [2.05, 4.69) is 32.9 Å². The van der Waals surface area contributed by atoms with E-state index in [0.29, 0.717) is 19.3 Å². The first-order valence-electron chi connectivity index (χ1n) is 36.2. The first-order chi connectivity index (χ1) is 39.0. The Hall–Kier alpha value is -1.85. The van der Waals surface area contributed by atoms with Gasteiger partial charge in [0, 0.05) is 19.3 Å². The maximum Gasteiger partial charge on any atom is 0.306 e. The molecule has 1 atom stereocenters. The minimum absolute atomic E-state index is 0.0631. The number of ether oxygens (including phenoxy) is 3. The van der Waals surface area contributed by atoms with Crippen LogP contribution in [-0.4, -0.2) is 37.2 Å². The van der Waals surface area contributed by atoms with Crippen molar-refractivity contribution in [1.29, 1.82) is 0 Å². The summed E-state index contributed by atoms with van der Waals surface area (Å²) in [5, 5.41) is 0. The zero-order valence-electron chi connectivity index (χ0n) is 53.9. The molecule has 468 valence electrons. The molecule has 0 rings (SSSR count). The molecular weight excluding hydrogens is 973 g/mol. The molecule has 0 aliphatic carbocycles. The van der Waals surface area contributed by atoms with E-state index in [0.717, 1.165) is 57.8 Å². The topological polar surface area (TPSA) is 78.9 Å². The van der Waals surface area contributed by atoms with Crippen molar-refractivity contribution in [3.63, 3.8) is 0 Å². The second kappa shape index (κ2) is 68.6. The number of allylic oxidation sites excluding steroid dienone is 2. The van der Waals surface area contributed by atoms with Crippen LogP contribution in [0.2, 0.25) is 0 Å².